The predicted octanol–water partition coefficient (Wildman–Crippen LogP) is 4.16. The lowest BCUT2D eigenvalue weighted by atomic mass is 9.91. The first kappa shape index (κ1) is 21.1. The summed E-state index contributed by atoms with van der Waals surface area (Å²) in [6.07, 6.45) is 3.82. The molecule has 8 heteroatoms. The molecule has 3 rings (SSSR count). The van der Waals surface area contributed by atoms with Crippen molar-refractivity contribution in [3.05, 3.63) is 64.2 Å². The number of halogens is 1. The Kier molecular flexibility index (Phi) is 6.10. The van der Waals surface area contributed by atoms with Gasteiger partial charge >= 0.3 is 5.97 Å². The summed E-state index contributed by atoms with van der Waals surface area (Å²) >= 11 is 6.31. The van der Waals surface area contributed by atoms with Crippen LogP contribution in [0.3, 0.4) is 0 Å². The SMILES string of the molecule is CS(=O)(=O)c1c(C2=CC(=O)CCC2)cc(C(=O)O)c(Cl)c1COc1ccccc1. The number of rotatable bonds is 6. The van der Waals surface area contributed by atoms with Crippen molar-refractivity contribution < 1.29 is 27.9 Å². The molecule has 0 spiro atoms. The Labute approximate surface area is 173 Å². The Morgan fingerprint density at radius 2 is 1.90 bits per heavy atom. The maximum atomic E-state index is 12.7. The molecular formula is C21H19ClO6S. The van der Waals surface area contributed by atoms with E-state index in [4.69, 9.17) is 16.3 Å². The highest BCUT2D eigenvalue weighted by atomic mass is 35.5. The monoisotopic (exact) mass is 434 g/mol. The first-order valence-electron chi connectivity index (χ1n) is 8.89. The molecule has 0 fully saturated rings. The fourth-order valence-corrected chi connectivity index (χ4v) is 4.86. The fraction of sp³-hybridized carbons (Fsp3) is 0.238. The minimum atomic E-state index is -3.81. The molecule has 0 saturated carbocycles. The molecule has 0 atom stereocenters. The number of hydrogen-bond acceptors (Lipinski definition) is 5. The summed E-state index contributed by atoms with van der Waals surface area (Å²) in [5.74, 6) is -0.933. The Morgan fingerprint density at radius 1 is 1.21 bits per heavy atom. The van der Waals surface area contributed by atoms with Crippen LogP contribution in [-0.4, -0.2) is 31.5 Å². The van der Waals surface area contributed by atoms with Crippen LogP contribution in [0.5, 0.6) is 5.75 Å². The number of ketones is 1. The van der Waals surface area contributed by atoms with E-state index in [0.29, 0.717) is 30.6 Å². The van der Waals surface area contributed by atoms with Gasteiger partial charge in [-0.1, -0.05) is 29.8 Å². The number of carboxylic acids is 1. The maximum Gasteiger partial charge on any atom is 0.337 e. The first-order valence-corrected chi connectivity index (χ1v) is 11.2. The average molecular weight is 435 g/mol. The molecule has 0 amide bonds. The largest absolute Gasteiger partial charge is 0.489 e. The molecule has 0 aromatic heterocycles. The van der Waals surface area contributed by atoms with E-state index < -0.39 is 15.8 Å². The smallest absolute Gasteiger partial charge is 0.337 e. The van der Waals surface area contributed by atoms with Crippen LogP contribution >= 0.6 is 11.6 Å². The molecule has 0 bridgehead atoms. The van der Waals surface area contributed by atoms with Crippen molar-refractivity contribution in [2.45, 2.75) is 30.8 Å². The van der Waals surface area contributed by atoms with Gasteiger partial charge in [0.1, 0.15) is 12.4 Å². The van der Waals surface area contributed by atoms with E-state index in [1.165, 1.54) is 12.1 Å². The van der Waals surface area contributed by atoms with Gasteiger partial charge in [-0.2, -0.15) is 0 Å². The predicted molar refractivity (Wildman–Crippen MR) is 109 cm³/mol. The Morgan fingerprint density at radius 3 is 2.48 bits per heavy atom. The molecule has 1 aliphatic rings. The van der Waals surface area contributed by atoms with Crippen molar-refractivity contribution in [3.8, 4) is 5.75 Å². The van der Waals surface area contributed by atoms with Crippen molar-refractivity contribution in [3.63, 3.8) is 0 Å². The third-order valence-electron chi connectivity index (χ3n) is 4.59. The van der Waals surface area contributed by atoms with Gasteiger partial charge in [0.05, 0.1) is 15.5 Å². The number of carbonyl (C=O) groups is 2. The second-order valence-electron chi connectivity index (χ2n) is 6.76. The van der Waals surface area contributed by atoms with E-state index >= 15 is 0 Å². The zero-order chi connectivity index (χ0) is 21.2. The van der Waals surface area contributed by atoms with Crippen molar-refractivity contribution in [2.24, 2.45) is 0 Å². The summed E-state index contributed by atoms with van der Waals surface area (Å²) in [4.78, 5) is 23.5. The minimum absolute atomic E-state index is 0.0619. The van der Waals surface area contributed by atoms with Crippen LogP contribution in [0.2, 0.25) is 5.02 Å². The second-order valence-corrected chi connectivity index (χ2v) is 9.09. The highest BCUT2D eigenvalue weighted by Crippen LogP contribution is 2.38. The van der Waals surface area contributed by atoms with Crippen molar-refractivity contribution >= 4 is 38.8 Å². The number of ether oxygens (including phenoxy) is 1. The zero-order valence-electron chi connectivity index (χ0n) is 15.6. The molecule has 2 aromatic carbocycles. The quantitative estimate of drug-likeness (QED) is 0.733. The Balaban J connectivity index is 2.23. The van der Waals surface area contributed by atoms with E-state index in [0.717, 1.165) is 6.26 Å². The molecule has 0 heterocycles. The third kappa shape index (κ3) is 4.68. The molecule has 152 valence electrons. The summed E-state index contributed by atoms with van der Waals surface area (Å²) in [6, 6.07) is 9.93. The summed E-state index contributed by atoms with van der Waals surface area (Å²) in [7, 11) is -3.81. The number of benzene rings is 2. The van der Waals surface area contributed by atoms with Gasteiger partial charge in [0, 0.05) is 18.2 Å². The molecule has 1 aliphatic carbocycles. The minimum Gasteiger partial charge on any atom is -0.489 e. The Bertz CT molecular complexity index is 1100. The Hall–Kier alpha value is -2.64. The zero-order valence-corrected chi connectivity index (χ0v) is 17.2. The molecule has 0 unspecified atom stereocenters. The fourth-order valence-electron chi connectivity index (χ4n) is 3.32. The highest BCUT2D eigenvalue weighted by molar-refractivity contribution is 7.90. The summed E-state index contributed by atoms with van der Waals surface area (Å²) in [5, 5.41) is 9.39. The average Bonchev–Trinajstić information content (AvgIpc) is 2.66. The van der Waals surface area contributed by atoms with Gasteiger partial charge in [-0.3, -0.25) is 4.79 Å². The number of aromatic carboxylic acids is 1. The van der Waals surface area contributed by atoms with Crippen molar-refractivity contribution in [2.75, 3.05) is 6.26 Å². The molecule has 6 nitrogen and oxygen atoms in total. The van der Waals surface area contributed by atoms with Crippen LogP contribution in [0.4, 0.5) is 0 Å². The molecule has 0 aliphatic heterocycles. The van der Waals surface area contributed by atoms with Gasteiger partial charge in [0.15, 0.2) is 15.6 Å². The van der Waals surface area contributed by atoms with E-state index in [1.807, 2.05) is 0 Å². The third-order valence-corrected chi connectivity index (χ3v) is 6.23. The lowest BCUT2D eigenvalue weighted by Gasteiger charge is -2.21. The normalized spacial score (nSPS) is 14.4. The van der Waals surface area contributed by atoms with E-state index in [1.54, 1.807) is 30.3 Å². The molecule has 1 N–H and O–H groups in total. The van der Waals surface area contributed by atoms with E-state index in [2.05, 4.69) is 0 Å². The number of carbonyl (C=O) groups excluding carboxylic acids is 1. The van der Waals surface area contributed by atoms with Crippen LogP contribution in [-0.2, 0) is 21.2 Å². The number of allylic oxidation sites excluding steroid dienone is 2. The van der Waals surface area contributed by atoms with Gasteiger partial charge < -0.3 is 9.84 Å². The molecule has 0 saturated heterocycles. The standard InChI is InChI=1S/C21H19ClO6S/c1-29(26,27)20-16(13-6-5-7-14(23)10-13)11-17(21(24)25)19(22)18(20)12-28-15-8-3-2-4-9-15/h2-4,8-11H,5-7,12H2,1H3,(H,24,25). The van der Waals surface area contributed by atoms with E-state index in [9.17, 15) is 23.1 Å². The summed E-state index contributed by atoms with van der Waals surface area (Å²) in [6.45, 7) is -0.236. The highest BCUT2D eigenvalue weighted by Gasteiger charge is 2.28. The van der Waals surface area contributed by atoms with Crippen LogP contribution in [0.1, 0.15) is 40.7 Å². The van der Waals surface area contributed by atoms with Crippen LogP contribution in [0, 0.1) is 0 Å². The second kappa shape index (κ2) is 8.39. The van der Waals surface area contributed by atoms with Gasteiger partial charge in [0.25, 0.3) is 0 Å². The van der Waals surface area contributed by atoms with Crippen molar-refractivity contribution in [1.29, 1.82) is 0 Å². The van der Waals surface area contributed by atoms with Crippen LogP contribution in [0.25, 0.3) is 5.57 Å². The van der Waals surface area contributed by atoms with Crippen molar-refractivity contribution in [1.82, 2.24) is 0 Å². The van der Waals surface area contributed by atoms with Crippen LogP contribution in [0.15, 0.2) is 47.4 Å². The van der Waals surface area contributed by atoms with Crippen LogP contribution < -0.4 is 4.74 Å². The lowest BCUT2D eigenvalue weighted by Crippen LogP contribution is -2.14. The van der Waals surface area contributed by atoms with Gasteiger partial charge in [-0.15, -0.1) is 0 Å². The first-order chi connectivity index (χ1) is 13.7. The molecule has 0 radical (unpaired) electrons. The summed E-state index contributed by atoms with van der Waals surface area (Å²) < 4.78 is 31.0. The van der Waals surface area contributed by atoms with Gasteiger partial charge in [-0.25, -0.2) is 13.2 Å². The molecule has 2 aromatic rings. The topological polar surface area (TPSA) is 97.7 Å². The number of carboxylic acid groups (broad SMARTS) is 1. The number of sulfone groups is 1. The number of hydrogen-bond donors (Lipinski definition) is 1. The van der Waals surface area contributed by atoms with E-state index in [-0.39, 0.29) is 39.0 Å². The van der Waals surface area contributed by atoms with Gasteiger partial charge in [-0.05, 0) is 48.3 Å². The summed E-state index contributed by atoms with van der Waals surface area (Å²) in [5.41, 5.74) is 0.502. The van der Waals surface area contributed by atoms with Gasteiger partial charge in [0.2, 0.25) is 0 Å². The lowest BCUT2D eigenvalue weighted by molar-refractivity contribution is -0.114. The maximum absolute atomic E-state index is 12.7. The number of para-hydroxylation sites is 1. The molecular weight excluding hydrogens is 416 g/mol. The molecule has 29 heavy (non-hydrogen) atoms.